The minimum atomic E-state index is -0.500. The molecule has 0 aliphatic carbocycles. The van der Waals surface area contributed by atoms with E-state index in [1.807, 2.05) is 0 Å². The van der Waals surface area contributed by atoms with Crippen LogP contribution in [0.15, 0.2) is 47.6 Å². The van der Waals surface area contributed by atoms with Crippen LogP contribution in [0.2, 0.25) is 0 Å². The lowest BCUT2D eigenvalue weighted by Gasteiger charge is -2.10. The molecule has 25 heavy (non-hydrogen) atoms. The molecule has 2 aromatic rings. The zero-order valence-corrected chi connectivity index (χ0v) is 14.0. The van der Waals surface area contributed by atoms with Gasteiger partial charge in [0.15, 0.2) is 18.1 Å². The lowest BCUT2D eigenvalue weighted by Crippen LogP contribution is -2.26. The lowest BCUT2D eigenvalue weighted by atomic mass is 10.1. The van der Waals surface area contributed by atoms with Crippen LogP contribution in [-0.2, 0) is 4.79 Å². The lowest BCUT2D eigenvalue weighted by molar-refractivity contribution is -0.123. The molecule has 0 unspecified atom stereocenters. The van der Waals surface area contributed by atoms with Gasteiger partial charge in [-0.15, -0.1) is 0 Å². The van der Waals surface area contributed by atoms with Crippen LogP contribution >= 0.6 is 0 Å². The van der Waals surface area contributed by atoms with Crippen molar-refractivity contribution in [3.8, 4) is 17.2 Å². The highest BCUT2D eigenvalue weighted by Crippen LogP contribution is 2.25. The molecule has 132 valence electrons. The molecule has 0 radical (unpaired) electrons. The fourth-order valence-electron chi connectivity index (χ4n) is 2.11. The fraction of sp³-hybridized carbons (Fsp3) is 0.222. The van der Waals surface area contributed by atoms with Crippen molar-refractivity contribution in [1.29, 1.82) is 0 Å². The number of amides is 1. The smallest absolute Gasteiger partial charge is 0.277 e. The quantitative estimate of drug-likeness (QED) is 0.597. The van der Waals surface area contributed by atoms with Crippen LogP contribution in [0.1, 0.15) is 18.9 Å². The summed E-state index contributed by atoms with van der Waals surface area (Å²) in [5.41, 5.74) is 2.92. The Hall–Kier alpha value is -3.09. The van der Waals surface area contributed by atoms with Crippen LogP contribution in [-0.4, -0.2) is 30.4 Å². The molecular formula is C18H19FN2O4. The summed E-state index contributed by atoms with van der Waals surface area (Å²) in [6, 6.07) is 10.5. The van der Waals surface area contributed by atoms with Crippen molar-refractivity contribution in [2.24, 2.45) is 5.10 Å². The van der Waals surface area contributed by atoms with E-state index in [9.17, 15) is 14.3 Å². The van der Waals surface area contributed by atoms with Gasteiger partial charge in [0.2, 0.25) is 0 Å². The molecule has 7 heteroatoms. The third kappa shape index (κ3) is 4.94. The van der Waals surface area contributed by atoms with Gasteiger partial charge in [-0.1, -0.05) is 19.1 Å². The number of ether oxygens (including phenoxy) is 2. The molecule has 6 nitrogen and oxygen atoms in total. The third-order valence-corrected chi connectivity index (χ3v) is 3.35. The van der Waals surface area contributed by atoms with Gasteiger partial charge >= 0.3 is 0 Å². The molecule has 0 bridgehead atoms. The van der Waals surface area contributed by atoms with Crippen LogP contribution in [0, 0.1) is 5.82 Å². The van der Waals surface area contributed by atoms with Crippen molar-refractivity contribution in [2.75, 3.05) is 13.7 Å². The Morgan fingerprint density at radius 2 is 1.96 bits per heavy atom. The number of benzene rings is 2. The molecule has 2 N–H and O–H groups in total. The van der Waals surface area contributed by atoms with Crippen molar-refractivity contribution in [1.82, 2.24) is 5.43 Å². The maximum atomic E-state index is 13.3. The molecule has 0 saturated carbocycles. The average molecular weight is 346 g/mol. The Balaban J connectivity index is 2.01. The molecular weight excluding hydrogens is 327 g/mol. The van der Waals surface area contributed by atoms with Gasteiger partial charge in [0.25, 0.3) is 5.91 Å². The molecule has 0 spiro atoms. The maximum Gasteiger partial charge on any atom is 0.277 e. The number of methoxy groups -OCH3 is 1. The summed E-state index contributed by atoms with van der Waals surface area (Å²) < 4.78 is 23.9. The van der Waals surface area contributed by atoms with Gasteiger partial charge in [0.1, 0.15) is 11.6 Å². The molecule has 2 aromatic carbocycles. The summed E-state index contributed by atoms with van der Waals surface area (Å²) in [6.07, 6.45) is 0.394. The normalized spacial score (nSPS) is 11.1. The van der Waals surface area contributed by atoms with Crippen LogP contribution in [0.4, 0.5) is 4.39 Å². The number of carbonyl (C=O) groups is 1. The topological polar surface area (TPSA) is 80.2 Å². The van der Waals surface area contributed by atoms with Gasteiger partial charge in [-0.2, -0.15) is 5.10 Å². The van der Waals surface area contributed by atoms with Gasteiger partial charge in [-0.25, -0.2) is 9.82 Å². The monoisotopic (exact) mass is 346 g/mol. The molecule has 2 rings (SSSR count). The molecule has 0 aromatic heterocycles. The number of nitrogens with one attached hydrogen (secondary N) is 1. The zero-order chi connectivity index (χ0) is 18.2. The van der Waals surface area contributed by atoms with Crippen LogP contribution in [0.25, 0.3) is 0 Å². The summed E-state index contributed by atoms with van der Waals surface area (Å²) in [6.45, 7) is 1.51. The first-order valence-corrected chi connectivity index (χ1v) is 7.65. The number of nitrogens with zero attached hydrogens (tertiary/aromatic N) is 1. The van der Waals surface area contributed by atoms with E-state index >= 15 is 0 Å². The maximum absolute atomic E-state index is 13.3. The second-order valence-electron chi connectivity index (χ2n) is 5.05. The average Bonchev–Trinajstić information content (AvgIpc) is 2.63. The van der Waals surface area contributed by atoms with Gasteiger partial charge in [0.05, 0.1) is 12.8 Å². The standard InChI is InChI=1S/C18H19FN2O4/c1-3-14(13-10-12(19)8-9-15(13)22)20-21-18(23)11-25-17-7-5-4-6-16(17)24-2/h4-10,22H,3,11H2,1-2H3,(H,21,23)/b20-14+. The number of aromatic hydroxyl groups is 1. The van der Waals surface area contributed by atoms with Gasteiger partial charge < -0.3 is 14.6 Å². The zero-order valence-electron chi connectivity index (χ0n) is 14.0. The molecule has 0 saturated heterocycles. The van der Waals surface area contributed by atoms with Crippen molar-refractivity contribution in [2.45, 2.75) is 13.3 Å². The molecule has 0 fully saturated rings. The number of hydrogen-bond donors (Lipinski definition) is 2. The number of phenols is 1. The van der Waals surface area contributed by atoms with E-state index in [2.05, 4.69) is 10.5 Å². The molecule has 0 atom stereocenters. The Morgan fingerprint density at radius 1 is 1.24 bits per heavy atom. The first-order valence-electron chi connectivity index (χ1n) is 7.65. The number of carbonyl (C=O) groups excluding carboxylic acids is 1. The van der Waals surface area contributed by atoms with E-state index in [4.69, 9.17) is 9.47 Å². The van der Waals surface area contributed by atoms with Gasteiger partial charge in [0, 0.05) is 5.56 Å². The highest BCUT2D eigenvalue weighted by atomic mass is 19.1. The molecule has 0 heterocycles. The van der Waals surface area contributed by atoms with Crippen LogP contribution in [0.3, 0.4) is 0 Å². The van der Waals surface area contributed by atoms with E-state index in [1.165, 1.54) is 13.2 Å². The van der Waals surface area contributed by atoms with Crippen molar-refractivity contribution in [3.63, 3.8) is 0 Å². The van der Waals surface area contributed by atoms with E-state index in [0.29, 0.717) is 23.6 Å². The molecule has 0 aliphatic heterocycles. The van der Waals surface area contributed by atoms with Crippen molar-refractivity contribution in [3.05, 3.63) is 53.8 Å². The summed E-state index contributed by atoms with van der Waals surface area (Å²) in [5.74, 6) is -0.158. The fourth-order valence-corrected chi connectivity index (χ4v) is 2.11. The van der Waals surface area contributed by atoms with Crippen LogP contribution in [0.5, 0.6) is 17.2 Å². The van der Waals surface area contributed by atoms with Crippen molar-refractivity contribution >= 4 is 11.6 Å². The Kier molecular flexibility index (Phi) is 6.33. The molecule has 0 aliphatic rings. The highest BCUT2D eigenvalue weighted by Gasteiger charge is 2.11. The van der Waals surface area contributed by atoms with E-state index in [0.717, 1.165) is 12.1 Å². The molecule has 1 amide bonds. The number of hydrazone groups is 1. The SMILES string of the molecule is CC/C(=N\NC(=O)COc1ccccc1OC)c1cc(F)ccc1O. The van der Waals surface area contributed by atoms with Crippen LogP contribution < -0.4 is 14.9 Å². The first-order chi connectivity index (χ1) is 12.0. The van der Waals surface area contributed by atoms with E-state index in [-0.39, 0.29) is 17.9 Å². The number of para-hydroxylation sites is 2. The number of rotatable bonds is 7. The van der Waals surface area contributed by atoms with E-state index in [1.54, 1.807) is 31.2 Å². The largest absolute Gasteiger partial charge is 0.507 e. The summed E-state index contributed by atoms with van der Waals surface area (Å²) in [4.78, 5) is 11.9. The third-order valence-electron chi connectivity index (χ3n) is 3.35. The number of hydrogen-bond acceptors (Lipinski definition) is 5. The minimum absolute atomic E-state index is 0.110. The van der Waals surface area contributed by atoms with E-state index < -0.39 is 11.7 Å². The Labute approximate surface area is 144 Å². The summed E-state index contributed by atoms with van der Waals surface area (Å²) >= 11 is 0. The second kappa shape index (κ2) is 8.68. The minimum Gasteiger partial charge on any atom is -0.507 e. The Morgan fingerprint density at radius 3 is 2.64 bits per heavy atom. The summed E-state index contributed by atoms with van der Waals surface area (Å²) in [5, 5.41) is 13.8. The van der Waals surface area contributed by atoms with Gasteiger partial charge in [-0.3, -0.25) is 4.79 Å². The highest BCUT2D eigenvalue weighted by molar-refractivity contribution is 6.03. The Bertz CT molecular complexity index is 777. The predicted molar refractivity (Wildman–Crippen MR) is 91.5 cm³/mol. The predicted octanol–water partition coefficient (Wildman–Crippen LogP) is 2.85. The number of phenolic OH excluding ortho intramolecular Hbond substituents is 1. The second-order valence-corrected chi connectivity index (χ2v) is 5.05. The number of halogens is 1. The summed E-state index contributed by atoms with van der Waals surface area (Å²) in [7, 11) is 1.51. The van der Waals surface area contributed by atoms with Gasteiger partial charge in [-0.05, 0) is 36.8 Å². The first kappa shape index (κ1) is 18.3. The van der Waals surface area contributed by atoms with Crippen molar-refractivity contribution < 1.29 is 23.8 Å².